The van der Waals surface area contributed by atoms with E-state index in [1.165, 1.54) is 0 Å². The van der Waals surface area contributed by atoms with Crippen LogP contribution in [0.5, 0.6) is 0 Å². The van der Waals surface area contributed by atoms with E-state index in [1.807, 2.05) is 13.0 Å². The van der Waals surface area contributed by atoms with Crippen molar-refractivity contribution >= 4 is 5.78 Å². The van der Waals surface area contributed by atoms with Crippen LogP contribution < -0.4 is 0 Å². The van der Waals surface area contributed by atoms with Crippen LogP contribution >= 0.6 is 0 Å². The van der Waals surface area contributed by atoms with Crippen LogP contribution in [0.15, 0.2) is 18.5 Å². The summed E-state index contributed by atoms with van der Waals surface area (Å²) in [6.07, 6.45) is 4.08. The second-order valence-corrected chi connectivity index (χ2v) is 3.78. The summed E-state index contributed by atoms with van der Waals surface area (Å²) in [5, 5.41) is 9.10. The molecule has 2 rings (SSSR count). The maximum Gasteiger partial charge on any atom is 0.136 e. The third-order valence-electron chi connectivity index (χ3n) is 2.77. The van der Waals surface area contributed by atoms with E-state index in [4.69, 9.17) is 5.26 Å². The van der Waals surface area contributed by atoms with Crippen molar-refractivity contribution in [3.05, 3.63) is 29.6 Å². The number of rotatable bonds is 1. The van der Waals surface area contributed by atoms with Gasteiger partial charge >= 0.3 is 0 Å². The number of carbonyl (C=O) groups is 1. The molecule has 3 heteroatoms. The molecule has 3 nitrogen and oxygen atoms in total. The molecule has 0 unspecified atom stereocenters. The van der Waals surface area contributed by atoms with Gasteiger partial charge in [-0.15, -0.1) is 0 Å². The fourth-order valence-electron chi connectivity index (χ4n) is 1.92. The van der Waals surface area contributed by atoms with Gasteiger partial charge in [-0.1, -0.05) is 0 Å². The SMILES string of the molecule is Cc1ccncc1C1(C#N)CC(=O)C1. The van der Waals surface area contributed by atoms with Crippen LogP contribution in [0.2, 0.25) is 0 Å². The fourth-order valence-corrected chi connectivity index (χ4v) is 1.92. The molecule has 0 aliphatic heterocycles. The molecule has 1 saturated carbocycles. The van der Waals surface area contributed by atoms with Gasteiger partial charge in [0.1, 0.15) is 5.78 Å². The Bertz CT molecular complexity index is 423. The Labute approximate surface area is 82.4 Å². The molecule has 0 bridgehead atoms. The molecule has 70 valence electrons. The molecule has 0 radical (unpaired) electrons. The molecule has 0 aromatic carbocycles. The molecule has 14 heavy (non-hydrogen) atoms. The fraction of sp³-hybridized carbons (Fsp3) is 0.364. The number of carbonyl (C=O) groups excluding carboxylic acids is 1. The first kappa shape index (κ1) is 8.89. The molecule has 0 N–H and O–H groups in total. The summed E-state index contributed by atoms with van der Waals surface area (Å²) in [7, 11) is 0. The highest BCUT2D eigenvalue weighted by atomic mass is 16.1. The minimum atomic E-state index is -0.588. The highest BCUT2D eigenvalue weighted by Crippen LogP contribution is 2.41. The number of hydrogen-bond donors (Lipinski definition) is 0. The Morgan fingerprint density at radius 3 is 2.79 bits per heavy atom. The smallest absolute Gasteiger partial charge is 0.136 e. The number of pyridine rings is 1. The minimum Gasteiger partial charge on any atom is -0.300 e. The van der Waals surface area contributed by atoms with Crippen LogP contribution in [0.1, 0.15) is 24.0 Å². The second-order valence-electron chi connectivity index (χ2n) is 3.78. The van der Waals surface area contributed by atoms with Crippen LogP contribution in [-0.4, -0.2) is 10.8 Å². The molecule has 0 amide bonds. The molecule has 0 atom stereocenters. The number of aryl methyl sites for hydroxylation is 1. The lowest BCUT2D eigenvalue weighted by molar-refractivity contribution is -0.126. The summed E-state index contributed by atoms with van der Waals surface area (Å²) in [5.74, 6) is 0.162. The Morgan fingerprint density at radius 1 is 1.57 bits per heavy atom. The van der Waals surface area contributed by atoms with Gasteiger partial charge in [0, 0.05) is 25.2 Å². The number of aromatic nitrogens is 1. The van der Waals surface area contributed by atoms with Crippen molar-refractivity contribution in [3.63, 3.8) is 0 Å². The van der Waals surface area contributed by atoms with Gasteiger partial charge in [-0.05, 0) is 24.1 Å². The van der Waals surface area contributed by atoms with E-state index < -0.39 is 5.41 Å². The first-order chi connectivity index (χ1) is 6.68. The zero-order valence-corrected chi connectivity index (χ0v) is 7.95. The first-order valence-electron chi connectivity index (χ1n) is 4.52. The highest BCUT2D eigenvalue weighted by Gasteiger charge is 2.46. The summed E-state index contributed by atoms with van der Waals surface area (Å²) < 4.78 is 0. The summed E-state index contributed by atoms with van der Waals surface area (Å²) in [4.78, 5) is 15.0. The molecule has 0 saturated heterocycles. The predicted octanol–water partition coefficient (Wildman–Crippen LogP) is 1.51. The number of ketones is 1. The van der Waals surface area contributed by atoms with Crippen LogP contribution in [0.4, 0.5) is 0 Å². The predicted molar refractivity (Wildman–Crippen MR) is 50.5 cm³/mol. The second kappa shape index (κ2) is 2.91. The molecule has 0 spiro atoms. The van der Waals surface area contributed by atoms with Crippen LogP contribution in [0.3, 0.4) is 0 Å². The molecule has 1 aromatic rings. The number of Topliss-reactive ketones (excluding diaryl/α,β-unsaturated/α-hetero) is 1. The van der Waals surface area contributed by atoms with Crippen molar-refractivity contribution in [2.45, 2.75) is 25.2 Å². The quantitative estimate of drug-likeness (QED) is 0.668. The van der Waals surface area contributed by atoms with E-state index in [2.05, 4.69) is 11.1 Å². The molecule has 1 heterocycles. The van der Waals surface area contributed by atoms with E-state index in [-0.39, 0.29) is 5.78 Å². The van der Waals surface area contributed by atoms with E-state index in [1.54, 1.807) is 12.4 Å². The zero-order valence-electron chi connectivity index (χ0n) is 7.95. The summed E-state index contributed by atoms with van der Waals surface area (Å²) in [5.41, 5.74) is 1.35. The molecule has 1 aliphatic carbocycles. The van der Waals surface area contributed by atoms with Crippen molar-refractivity contribution in [3.8, 4) is 6.07 Å². The number of nitrogens with zero attached hydrogens (tertiary/aromatic N) is 2. The lowest BCUT2D eigenvalue weighted by Crippen LogP contribution is -2.40. The largest absolute Gasteiger partial charge is 0.300 e. The van der Waals surface area contributed by atoms with Crippen molar-refractivity contribution in [1.82, 2.24) is 4.98 Å². The molecule has 1 aliphatic rings. The average Bonchev–Trinajstić information content (AvgIpc) is 2.14. The van der Waals surface area contributed by atoms with E-state index >= 15 is 0 Å². The Kier molecular flexibility index (Phi) is 1.85. The van der Waals surface area contributed by atoms with Crippen molar-refractivity contribution in [2.75, 3.05) is 0 Å². The average molecular weight is 186 g/mol. The summed E-state index contributed by atoms with van der Waals surface area (Å²) in [6.45, 7) is 1.94. The van der Waals surface area contributed by atoms with Gasteiger partial charge in [0.05, 0.1) is 11.5 Å². The van der Waals surface area contributed by atoms with Crippen molar-refractivity contribution in [2.24, 2.45) is 0 Å². The molecular formula is C11H10N2O. The zero-order chi connectivity index (χ0) is 10.2. The van der Waals surface area contributed by atoms with Gasteiger partial charge < -0.3 is 0 Å². The van der Waals surface area contributed by atoms with E-state index in [0.29, 0.717) is 12.8 Å². The van der Waals surface area contributed by atoms with Gasteiger partial charge in [-0.25, -0.2) is 0 Å². The lowest BCUT2D eigenvalue weighted by atomic mass is 9.64. The third kappa shape index (κ3) is 1.12. The Hall–Kier alpha value is -1.69. The number of nitriles is 1. The third-order valence-corrected chi connectivity index (χ3v) is 2.77. The number of hydrogen-bond acceptors (Lipinski definition) is 3. The van der Waals surface area contributed by atoms with Crippen molar-refractivity contribution in [1.29, 1.82) is 5.26 Å². The van der Waals surface area contributed by atoms with Gasteiger partial charge in [-0.2, -0.15) is 5.26 Å². The highest BCUT2D eigenvalue weighted by molar-refractivity contribution is 5.90. The first-order valence-corrected chi connectivity index (χ1v) is 4.52. The standard InChI is InChI=1S/C11H10N2O/c1-8-2-3-13-6-10(8)11(7-12)4-9(14)5-11/h2-3,6H,4-5H2,1H3. The van der Waals surface area contributed by atoms with Gasteiger partial charge in [-0.3, -0.25) is 9.78 Å². The lowest BCUT2D eigenvalue weighted by Gasteiger charge is -2.34. The van der Waals surface area contributed by atoms with E-state index in [9.17, 15) is 4.79 Å². The Morgan fingerprint density at radius 2 is 2.29 bits per heavy atom. The van der Waals surface area contributed by atoms with Gasteiger partial charge in [0.2, 0.25) is 0 Å². The maximum atomic E-state index is 11.0. The maximum absolute atomic E-state index is 11.0. The van der Waals surface area contributed by atoms with Crippen LogP contribution in [-0.2, 0) is 10.2 Å². The normalized spacial score (nSPS) is 18.4. The Balaban J connectivity index is 2.45. The minimum absolute atomic E-state index is 0.162. The van der Waals surface area contributed by atoms with Crippen LogP contribution in [0, 0.1) is 18.3 Å². The molecule has 1 aromatic heterocycles. The topological polar surface area (TPSA) is 53.8 Å². The molecule has 1 fully saturated rings. The summed E-state index contributed by atoms with van der Waals surface area (Å²) >= 11 is 0. The van der Waals surface area contributed by atoms with Gasteiger partial charge in [0.15, 0.2) is 0 Å². The summed E-state index contributed by atoms with van der Waals surface area (Å²) in [6, 6.07) is 4.11. The van der Waals surface area contributed by atoms with Crippen molar-refractivity contribution < 1.29 is 4.79 Å². The van der Waals surface area contributed by atoms with Crippen LogP contribution in [0.25, 0.3) is 0 Å². The monoisotopic (exact) mass is 186 g/mol. The molecular weight excluding hydrogens is 176 g/mol. The van der Waals surface area contributed by atoms with E-state index in [0.717, 1.165) is 11.1 Å². The van der Waals surface area contributed by atoms with Gasteiger partial charge in [0.25, 0.3) is 0 Å².